The number of nitrogens with zero attached hydrogens (tertiary/aromatic N) is 3. The number of nitrogens with one attached hydrogen (secondary N) is 1. The van der Waals surface area contributed by atoms with Crippen LogP contribution in [0.2, 0.25) is 0 Å². The monoisotopic (exact) mass is 310 g/mol. The number of ether oxygens (including phenoxy) is 1. The molecule has 0 saturated carbocycles. The van der Waals surface area contributed by atoms with Gasteiger partial charge in [-0.25, -0.2) is 0 Å². The average Bonchev–Trinajstić information content (AvgIpc) is 2.98. The molecular weight excluding hydrogens is 296 g/mol. The van der Waals surface area contributed by atoms with Crippen LogP contribution in [0.5, 0.6) is 5.75 Å². The van der Waals surface area contributed by atoms with Crippen LogP contribution in [0.3, 0.4) is 0 Å². The summed E-state index contributed by atoms with van der Waals surface area (Å²) in [7, 11) is 0. The maximum Gasteiger partial charge on any atom is 0.216 e. The van der Waals surface area contributed by atoms with Crippen LogP contribution in [0.1, 0.15) is 11.1 Å². The van der Waals surface area contributed by atoms with Gasteiger partial charge in [0.1, 0.15) is 18.7 Å². The van der Waals surface area contributed by atoms with Crippen molar-refractivity contribution in [1.29, 1.82) is 0 Å². The van der Waals surface area contributed by atoms with Gasteiger partial charge in [-0.2, -0.15) is 14.9 Å². The lowest BCUT2D eigenvalue weighted by Gasteiger charge is -2.06. The number of rotatable bonds is 5. The molecule has 0 bridgehead atoms. The predicted molar refractivity (Wildman–Crippen MR) is 87.6 cm³/mol. The van der Waals surface area contributed by atoms with E-state index in [1.165, 1.54) is 11.0 Å². The minimum Gasteiger partial charge on any atom is -0.489 e. The molecule has 0 radical (unpaired) electrons. The van der Waals surface area contributed by atoms with E-state index in [0.717, 1.165) is 16.9 Å². The number of hydrogen-bond donors (Lipinski definition) is 1. The van der Waals surface area contributed by atoms with E-state index >= 15 is 0 Å². The Morgan fingerprint density at radius 1 is 1.14 bits per heavy atom. The first-order valence-corrected chi connectivity index (χ1v) is 7.15. The van der Waals surface area contributed by atoms with E-state index in [9.17, 15) is 0 Å². The van der Waals surface area contributed by atoms with Crippen molar-refractivity contribution in [2.45, 2.75) is 6.61 Å². The molecule has 110 valence electrons. The fraction of sp³-hybridized carbons (Fsp3) is 0.0625. The first kappa shape index (κ1) is 14.2. The van der Waals surface area contributed by atoms with Crippen LogP contribution in [-0.4, -0.2) is 21.1 Å². The summed E-state index contributed by atoms with van der Waals surface area (Å²) in [6.45, 7) is 0.554. The van der Waals surface area contributed by atoms with E-state index in [4.69, 9.17) is 17.0 Å². The van der Waals surface area contributed by atoms with Crippen molar-refractivity contribution >= 4 is 18.4 Å². The summed E-state index contributed by atoms with van der Waals surface area (Å²) in [6.07, 6.45) is 3.24. The zero-order valence-corrected chi connectivity index (χ0v) is 12.5. The van der Waals surface area contributed by atoms with Gasteiger partial charge in [0.2, 0.25) is 4.77 Å². The normalized spacial score (nSPS) is 10.9. The zero-order valence-electron chi connectivity index (χ0n) is 11.7. The van der Waals surface area contributed by atoms with Crippen molar-refractivity contribution < 1.29 is 4.74 Å². The van der Waals surface area contributed by atoms with Crippen molar-refractivity contribution in [3.05, 3.63) is 76.8 Å². The van der Waals surface area contributed by atoms with Gasteiger partial charge in [0.05, 0.1) is 6.21 Å². The number of hydrogen-bond acceptors (Lipinski definition) is 4. The highest BCUT2D eigenvalue weighted by atomic mass is 32.1. The van der Waals surface area contributed by atoms with E-state index in [1.807, 2.05) is 54.6 Å². The highest BCUT2D eigenvalue weighted by Gasteiger charge is 1.96. The minimum atomic E-state index is 0.457. The second-order valence-electron chi connectivity index (χ2n) is 4.59. The largest absolute Gasteiger partial charge is 0.489 e. The van der Waals surface area contributed by atoms with Gasteiger partial charge in [0.25, 0.3) is 0 Å². The van der Waals surface area contributed by atoms with Crippen LogP contribution in [0.15, 0.2) is 66.0 Å². The summed E-state index contributed by atoms with van der Waals surface area (Å²) in [4.78, 5) is 0. The number of aromatic nitrogens is 3. The highest BCUT2D eigenvalue weighted by molar-refractivity contribution is 7.71. The molecule has 3 rings (SSSR count). The second-order valence-corrected chi connectivity index (χ2v) is 4.98. The standard InChI is InChI=1S/C16H14N4OS/c22-16-19-17-12-20(16)18-10-13-6-8-15(9-7-13)21-11-14-4-2-1-3-5-14/h1-10,12H,11H2,(H,19,22)/b18-10-. The third kappa shape index (κ3) is 3.67. The van der Waals surface area contributed by atoms with Gasteiger partial charge in [0, 0.05) is 0 Å². The molecule has 2 aromatic carbocycles. The molecule has 3 aromatic rings. The van der Waals surface area contributed by atoms with E-state index < -0.39 is 0 Å². The Labute approximate surface area is 132 Å². The Balaban J connectivity index is 1.62. The van der Waals surface area contributed by atoms with Gasteiger partial charge in [0.15, 0.2) is 0 Å². The molecule has 5 nitrogen and oxygen atoms in total. The van der Waals surface area contributed by atoms with Gasteiger partial charge >= 0.3 is 0 Å². The SMILES string of the molecule is S=c1[nH]ncn1/N=C\c1ccc(OCc2ccccc2)cc1. The fourth-order valence-corrected chi connectivity index (χ4v) is 1.99. The van der Waals surface area contributed by atoms with E-state index in [2.05, 4.69) is 15.3 Å². The van der Waals surface area contributed by atoms with E-state index in [1.54, 1.807) is 6.21 Å². The summed E-state index contributed by atoms with van der Waals surface area (Å²) in [5, 5.41) is 10.7. The zero-order chi connectivity index (χ0) is 15.2. The molecular formula is C16H14N4OS. The number of aromatic amines is 1. The van der Waals surface area contributed by atoms with Gasteiger partial charge < -0.3 is 4.74 Å². The Kier molecular flexibility index (Phi) is 4.41. The quantitative estimate of drug-likeness (QED) is 0.580. The van der Waals surface area contributed by atoms with Gasteiger partial charge in [-0.1, -0.05) is 30.3 Å². The Morgan fingerprint density at radius 2 is 1.91 bits per heavy atom. The van der Waals surface area contributed by atoms with Crippen LogP contribution < -0.4 is 4.74 Å². The lowest BCUT2D eigenvalue weighted by molar-refractivity contribution is 0.306. The molecule has 1 heterocycles. The van der Waals surface area contributed by atoms with Crippen molar-refractivity contribution in [3.8, 4) is 5.75 Å². The summed E-state index contributed by atoms with van der Waals surface area (Å²) < 4.78 is 7.69. The van der Waals surface area contributed by atoms with Crippen LogP contribution in [0.25, 0.3) is 0 Å². The van der Waals surface area contributed by atoms with Gasteiger partial charge in [-0.15, -0.1) is 0 Å². The third-order valence-corrected chi connectivity index (χ3v) is 3.27. The summed E-state index contributed by atoms with van der Waals surface area (Å²) >= 11 is 5.01. The summed E-state index contributed by atoms with van der Waals surface area (Å²) in [5.74, 6) is 0.820. The number of benzene rings is 2. The van der Waals surface area contributed by atoms with Crippen molar-refractivity contribution in [2.24, 2.45) is 5.10 Å². The van der Waals surface area contributed by atoms with E-state index in [0.29, 0.717) is 11.4 Å². The predicted octanol–water partition coefficient (Wildman–Crippen LogP) is 3.40. The third-order valence-electron chi connectivity index (χ3n) is 3.00. The molecule has 0 saturated heterocycles. The maximum atomic E-state index is 5.74. The molecule has 22 heavy (non-hydrogen) atoms. The Bertz CT molecular complexity index is 806. The van der Waals surface area contributed by atoms with Crippen LogP contribution >= 0.6 is 12.2 Å². The maximum absolute atomic E-state index is 5.74. The van der Waals surface area contributed by atoms with Crippen molar-refractivity contribution in [1.82, 2.24) is 14.9 Å². The van der Waals surface area contributed by atoms with Crippen LogP contribution in [0, 0.1) is 4.77 Å². The van der Waals surface area contributed by atoms with Crippen molar-refractivity contribution in [2.75, 3.05) is 0 Å². The molecule has 1 aromatic heterocycles. The molecule has 0 atom stereocenters. The molecule has 0 aliphatic carbocycles. The molecule has 0 fully saturated rings. The molecule has 0 aliphatic rings. The molecule has 0 unspecified atom stereocenters. The minimum absolute atomic E-state index is 0.457. The Morgan fingerprint density at radius 3 is 2.59 bits per heavy atom. The number of H-pyrrole nitrogens is 1. The Hall–Kier alpha value is -2.73. The van der Waals surface area contributed by atoms with Crippen LogP contribution in [0.4, 0.5) is 0 Å². The fourth-order valence-electron chi connectivity index (χ4n) is 1.84. The van der Waals surface area contributed by atoms with Gasteiger partial charge in [-0.3, -0.25) is 5.10 Å². The highest BCUT2D eigenvalue weighted by Crippen LogP contribution is 2.13. The molecule has 0 amide bonds. The smallest absolute Gasteiger partial charge is 0.216 e. The lowest BCUT2D eigenvalue weighted by atomic mass is 10.2. The van der Waals surface area contributed by atoms with Crippen molar-refractivity contribution in [3.63, 3.8) is 0 Å². The average molecular weight is 310 g/mol. The van der Waals surface area contributed by atoms with E-state index in [-0.39, 0.29) is 0 Å². The molecule has 0 spiro atoms. The topological polar surface area (TPSA) is 55.2 Å². The molecule has 1 N–H and O–H groups in total. The molecule has 6 heteroatoms. The summed E-state index contributed by atoms with van der Waals surface area (Å²) in [6, 6.07) is 17.8. The first-order valence-electron chi connectivity index (χ1n) is 6.74. The first-order chi connectivity index (χ1) is 10.8. The summed E-state index contributed by atoms with van der Waals surface area (Å²) in [5.41, 5.74) is 2.10. The van der Waals surface area contributed by atoms with Gasteiger partial charge in [-0.05, 0) is 47.6 Å². The molecule has 0 aliphatic heterocycles. The van der Waals surface area contributed by atoms with Crippen LogP contribution in [-0.2, 0) is 6.61 Å². The second kappa shape index (κ2) is 6.82. The lowest BCUT2D eigenvalue weighted by Crippen LogP contribution is -1.95.